The van der Waals surface area contributed by atoms with Crippen molar-refractivity contribution in [2.24, 2.45) is 5.92 Å². The quantitative estimate of drug-likeness (QED) is 0.603. The molecule has 0 aliphatic rings. The van der Waals surface area contributed by atoms with Crippen LogP contribution < -0.4 is 5.11 Å². The van der Waals surface area contributed by atoms with Crippen molar-refractivity contribution in [1.29, 1.82) is 0 Å². The summed E-state index contributed by atoms with van der Waals surface area (Å²) >= 11 is 0. The Morgan fingerprint density at radius 2 is 2.00 bits per heavy atom. The average molecular weight is 289 g/mol. The first-order valence-corrected chi connectivity index (χ1v) is 5.79. The maximum absolute atomic E-state index is 12.5. The highest BCUT2D eigenvalue weighted by atomic mass is 19.4. The summed E-state index contributed by atoms with van der Waals surface area (Å²) in [6.45, 7) is 1.47. The number of rotatable bonds is 5. The highest BCUT2D eigenvalue weighted by molar-refractivity contribution is 5.93. The monoisotopic (exact) mass is 289 g/mol. The minimum Gasteiger partial charge on any atom is -0.549 e. The van der Waals surface area contributed by atoms with Crippen molar-refractivity contribution in [1.82, 2.24) is 0 Å². The van der Waals surface area contributed by atoms with E-state index in [1.54, 1.807) is 0 Å². The van der Waals surface area contributed by atoms with Crippen molar-refractivity contribution in [3.8, 4) is 0 Å². The topological polar surface area (TPSA) is 66.4 Å². The van der Waals surface area contributed by atoms with Gasteiger partial charge in [-0.3, -0.25) is 4.79 Å². The maximum Gasteiger partial charge on any atom is 0.416 e. The molecule has 4 nitrogen and oxygen atoms in total. The van der Waals surface area contributed by atoms with Gasteiger partial charge < -0.3 is 14.6 Å². The van der Waals surface area contributed by atoms with E-state index in [0.29, 0.717) is 0 Å². The summed E-state index contributed by atoms with van der Waals surface area (Å²) in [4.78, 5) is 22.3. The third-order valence-electron chi connectivity index (χ3n) is 2.55. The van der Waals surface area contributed by atoms with Crippen LogP contribution in [0.2, 0.25) is 0 Å². The van der Waals surface area contributed by atoms with Gasteiger partial charge >= 0.3 is 12.1 Å². The van der Waals surface area contributed by atoms with Gasteiger partial charge in [0.1, 0.15) is 5.92 Å². The molecule has 0 aromatic heterocycles. The van der Waals surface area contributed by atoms with Crippen molar-refractivity contribution in [2.45, 2.75) is 19.5 Å². The molecule has 1 unspecified atom stereocenters. The van der Waals surface area contributed by atoms with E-state index >= 15 is 0 Å². The summed E-state index contributed by atoms with van der Waals surface area (Å²) in [5.74, 6) is -4.33. The summed E-state index contributed by atoms with van der Waals surface area (Å²) < 4.78 is 42.1. The first kappa shape index (κ1) is 16.0. The smallest absolute Gasteiger partial charge is 0.416 e. The van der Waals surface area contributed by atoms with Crippen molar-refractivity contribution < 1.29 is 32.6 Å². The fourth-order valence-corrected chi connectivity index (χ4v) is 1.62. The lowest BCUT2D eigenvalue weighted by Crippen LogP contribution is -2.38. The van der Waals surface area contributed by atoms with Crippen LogP contribution in [0.25, 0.3) is 0 Å². The molecule has 0 N–H and O–H groups in total. The van der Waals surface area contributed by atoms with Gasteiger partial charge in [-0.05, 0) is 25.0 Å². The van der Waals surface area contributed by atoms with Crippen LogP contribution in [0.1, 0.15) is 18.1 Å². The van der Waals surface area contributed by atoms with Crippen LogP contribution in [-0.2, 0) is 26.9 Å². The van der Waals surface area contributed by atoms with Crippen molar-refractivity contribution in [3.05, 3.63) is 35.4 Å². The molecule has 0 amide bonds. The largest absolute Gasteiger partial charge is 0.549 e. The van der Waals surface area contributed by atoms with E-state index in [0.717, 1.165) is 18.2 Å². The molecule has 0 radical (unpaired) electrons. The number of hydrogen-bond donors (Lipinski definition) is 0. The van der Waals surface area contributed by atoms with Gasteiger partial charge in [0.05, 0.1) is 18.1 Å². The van der Waals surface area contributed by atoms with Gasteiger partial charge in [0.25, 0.3) is 0 Å². The average Bonchev–Trinajstić information content (AvgIpc) is 2.35. The number of esters is 1. The third-order valence-corrected chi connectivity index (χ3v) is 2.55. The van der Waals surface area contributed by atoms with Crippen LogP contribution in [0.3, 0.4) is 0 Å². The molecule has 20 heavy (non-hydrogen) atoms. The SMILES string of the molecule is CCOC(=O)C(Cc1cccc(C(F)(F)F)c1)C(=O)[O-]. The van der Waals surface area contributed by atoms with Crippen LogP contribution >= 0.6 is 0 Å². The van der Waals surface area contributed by atoms with Crippen LogP contribution in [0, 0.1) is 5.92 Å². The molecule has 7 heteroatoms. The molecule has 0 aliphatic carbocycles. The van der Waals surface area contributed by atoms with Gasteiger partial charge in [-0.1, -0.05) is 18.2 Å². The molecular weight excluding hydrogens is 277 g/mol. The van der Waals surface area contributed by atoms with Gasteiger partial charge in [0.15, 0.2) is 0 Å². The Bertz CT molecular complexity index is 497. The number of hydrogen-bond acceptors (Lipinski definition) is 4. The van der Waals surface area contributed by atoms with E-state index in [9.17, 15) is 27.9 Å². The molecule has 1 aromatic rings. The zero-order valence-corrected chi connectivity index (χ0v) is 10.6. The molecule has 1 atom stereocenters. The van der Waals surface area contributed by atoms with Crippen molar-refractivity contribution in [3.63, 3.8) is 0 Å². The Balaban J connectivity index is 2.95. The minimum atomic E-state index is -4.53. The van der Waals surface area contributed by atoms with E-state index < -0.39 is 36.0 Å². The number of carbonyl (C=O) groups excluding carboxylic acids is 2. The Labute approximate surface area is 113 Å². The van der Waals surface area contributed by atoms with Crippen molar-refractivity contribution in [2.75, 3.05) is 6.61 Å². The number of carboxylic acids is 1. The van der Waals surface area contributed by atoms with Crippen LogP contribution in [0.4, 0.5) is 13.2 Å². The second-order valence-electron chi connectivity index (χ2n) is 4.03. The Morgan fingerprint density at radius 3 is 2.50 bits per heavy atom. The number of alkyl halides is 3. The van der Waals surface area contributed by atoms with Crippen LogP contribution in [0.15, 0.2) is 24.3 Å². The van der Waals surface area contributed by atoms with E-state index in [1.807, 2.05) is 0 Å². The number of benzene rings is 1. The molecule has 0 spiro atoms. The molecular formula is C13H12F3O4-. The van der Waals surface area contributed by atoms with Gasteiger partial charge in [0.2, 0.25) is 0 Å². The van der Waals surface area contributed by atoms with Gasteiger partial charge in [0, 0.05) is 0 Å². The molecule has 0 aliphatic heterocycles. The number of halogens is 3. The van der Waals surface area contributed by atoms with E-state index in [4.69, 9.17) is 0 Å². The van der Waals surface area contributed by atoms with Crippen LogP contribution in [0.5, 0.6) is 0 Å². The summed E-state index contributed by atoms with van der Waals surface area (Å²) in [7, 11) is 0. The van der Waals surface area contributed by atoms with Gasteiger partial charge in [-0.2, -0.15) is 13.2 Å². The van der Waals surface area contributed by atoms with Crippen LogP contribution in [-0.4, -0.2) is 18.5 Å². The summed E-state index contributed by atoms with van der Waals surface area (Å²) in [6, 6.07) is 4.12. The molecule has 0 saturated heterocycles. The predicted octanol–water partition coefficient (Wildman–Crippen LogP) is 1.18. The normalized spacial score (nSPS) is 12.8. The number of carbonyl (C=O) groups is 2. The van der Waals surface area contributed by atoms with E-state index in [1.165, 1.54) is 13.0 Å². The summed E-state index contributed by atoms with van der Waals surface area (Å²) in [6.07, 6.45) is -4.94. The lowest BCUT2D eigenvalue weighted by Gasteiger charge is -2.17. The second kappa shape index (κ2) is 6.40. The Hall–Kier alpha value is -2.05. The van der Waals surface area contributed by atoms with Gasteiger partial charge in [-0.25, -0.2) is 0 Å². The summed E-state index contributed by atoms with van der Waals surface area (Å²) in [5, 5.41) is 10.9. The predicted molar refractivity (Wildman–Crippen MR) is 60.3 cm³/mol. The zero-order valence-electron chi connectivity index (χ0n) is 10.6. The first-order valence-electron chi connectivity index (χ1n) is 5.79. The standard InChI is InChI=1S/C13H13F3O4/c1-2-20-12(19)10(11(17)18)7-8-4-3-5-9(6-8)13(14,15)16/h3-6,10H,2,7H2,1H3,(H,17,18)/p-1. The fraction of sp³-hybridized carbons (Fsp3) is 0.385. The first-order chi connectivity index (χ1) is 9.25. The fourth-order valence-electron chi connectivity index (χ4n) is 1.62. The second-order valence-corrected chi connectivity index (χ2v) is 4.03. The molecule has 0 saturated carbocycles. The lowest BCUT2D eigenvalue weighted by atomic mass is 9.98. The van der Waals surface area contributed by atoms with Gasteiger partial charge in [-0.15, -0.1) is 0 Å². The Kier molecular flexibility index (Phi) is 5.12. The molecule has 0 fully saturated rings. The van der Waals surface area contributed by atoms with Crippen molar-refractivity contribution >= 4 is 11.9 Å². The molecule has 1 rings (SSSR count). The highest BCUT2D eigenvalue weighted by Crippen LogP contribution is 2.30. The number of ether oxygens (including phenoxy) is 1. The summed E-state index contributed by atoms with van der Waals surface area (Å²) in [5.41, 5.74) is -0.835. The third kappa shape index (κ3) is 4.25. The highest BCUT2D eigenvalue weighted by Gasteiger charge is 2.31. The van der Waals surface area contributed by atoms with E-state index in [-0.39, 0.29) is 12.2 Å². The van der Waals surface area contributed by atoms with E-state index in [2.05, 4.69) is 4.74 Å². The lowest BCUT2D eigenvalue weighted by molar-refractivity contribution is -0.310. The molecule has 0 heterocycles. The number of carboxylic acid groups (broad SMARTS) is 1. The molecule has 0 bridgehead atoms. The Morgan fingerprint density at radius 1 is 1.35 bits per heavy atom. The zero-order chi connectivity index (χ0) is 15.3. The number of aliphatic carboxylic acids is 1. The molecule has 110 valence electrons. The minimum absolute atomic E-state index is 0.0226. The molecule has 1 aromatic carbocycles. The maximum atomic E-state index is 12.5.